The van der Waals surface area contributed by atoms with Gasteiger partial charge in [0, 0.05) is 7.05 Å². The van der Waals surface area contributed by atoms with Gasteiger partial charge in [-0.25, -0.2) is 4.98 Å². The van der Waals surface area contributed by atoms with E-state index in [4.69, 9.17) is 11.6 Å². The third-order valence-corrected chi connectivity index (χ3v) is 2.66. The molecule has 2 aromatic heterocycles. The van der Waals surface area contributed by atoms with Crippen molar-refractivity contribution in [2.75, 3.05) is 12.4 Å². The summed E-state index contributed by atoms with van der Waals surface area (Å²) >= 11 is 5.86. The molecule has 0 bridgehead atoms. The SMILES string of the molecule is CNc1nc(Cl)nc(-n2cnc3ccccc32)n1. The van der Waals surface area contributed by atoms with Crippen LogP contribution < -0.4 is 5.32 Å². The molecule has 90 valence electrons. The molecule has 0 fully saturated rings. The number of para-hydroxylation sites is 2. The molecule has 0 radical (unpaired) electrons. The van der Waals surface area contributed by atoms with Crippen LogP contribution in [0.15, 0.2) is 30.6 Å². The van der Waals surface area contributed by atoms with Crippen molar-refractivity contribution in [3.8, 4) is 5.95 Å². The van der Waals surface area contributed by atoms with Gasteiger partial charge in [0.2, 0.25) is 17.2 Å². The molecule has 0 aliphatic heterocycles. The Labute approximate surface area is 108 Å². The number of nitrogens with one attached hydrogen (secondary N) is 1. The average Bonchev–Trinajstić information content (AvgIpc) is 2.81. The smallest absolute Gasteiger partial charge is 0.241 e. The van der Waals surface area contributed by atoms with Crippen LogP contribution in [0.1, 0.15) is 0 Å². The van der Waals surface area contributed by atoms with Crippen LogP contribution in [-0.2, 0) is 0 Å². The molecular formula is C11H9ClN6. The van der Waals surface area contributed by atoms with E-state index >= 15 is 0 Å². The Bertz CT molecular complexity index is 708. The highest BCUT2D eigenvalue weighted by Crippen LogP contribution is 2.16. The van der Waals surface area contributed by atoms with Gasteiger partial charge in [-0.05, 0) is 23.7 Å². The van der Waals surface area contributed by atoms with Crippen LogP contribution in [0, 0.1) is 0 Å². The lowest BCUT2D eigenvalue weighted by atomic mass is 10.3. The molecule has 0 atom stereocenters. The molecule has 0 spiro atoms. The maximum absolute atomic E-state index is 5.86. The van der Waals surface area contributed by atoms with Crippen molar-refractivity contribution >= 4 is 28.6 Å². The number of hydrogen-bond acceptors (Lipinski definition) is 5. The summed E-state index contributed by atoms with van der Waals surface area (Å²) in [6.07, 6.45) is 1.66. The van der Waals surface area contributed by atoms with Crippen molar-refractivity contribution in [1.82, 2.24) is 24.5 Å². The van der Waals surface area contributed by atoms with Crippen molar-refractivity contribution in [2.24, 2.45) is 0 Å². The Hall–Kier alpha value is -2.21. The molecule has 6 nitrogen and oxygen atoms in total. The maximum Gasteiger partial charge on any atom is 0.241 e. The van der Waals surface area contributed by atoms with Crippen LogP contribution in [0.5, 0.6) is 0 Å². The van der Waals surface area contributed by atoms with Gasteiger partial charge in [0.1, 0.15) is 6.33 Å². The minimum absolute atomic E-state index is 0.141. The quantitative estimate of drug-likeness (QED) is 0.762. The van der Waals surface area contributed by atoms with Crippen LogP contribution in [0.2, 0.25) is 5.28 Å². The molecule has 0 saturated carbocycles. The highest BCUT2D eigenvalue weighted by molar-refractivity contribution is 6.28. The van der Waals surface area contributed by atoms with Crippen LogP contribution >= 0.6 is 11.6 Å². The zero-order chi connectivity index (χ0) is 12.5. The van der Waals surface area contributed by atoms with E-state index in [9.17, 15) is 0 Å². The summed E-state index contributed by atoms with van der Waals surface area (Å²) in [5.41, 5.74) is 1.79. The zero-order valence-corrected chi connectivity index (χ0v) is 10.3. The number of halogens is 1. The molecule has 2 heterocycles. The molecule has 0 aliphatic carbocycles. The van der Waals surface area contributed by atoms with E-state index in [0.29, 0.717) is 11.9 Å². The highest BCUT2D eigenvalue weighted by Gasteiger charge is 2.09. The van der Waals surface area contributed by atoms with Crippen molar-refractivity contribution in [2.45, 2.75) is 0 Å². The first-order valence-corrected chi connectivity index (χ1v) is 5.67. The summed E-state index contributed by atoms with van der Waals surface area (Å²) in [5.74, 6) is 0.857. The second kappa shape index (κ2) is 4.23. The summed E-state index contributed by atoms with van der Waals surface area (Å²) in [6.45, 7) is 0. The fourth-order valence-corrected chi connectivity index (χ4v) is 1.83. The molecule has 1 N–H and O–H groups in total. The van der Waals surface area contributed by atoms with Gasteiger partial charge in [-0.3, -0.25) is 4.57 Å². The first-order chi connectivity index (χ1) is 8.78. The molecule has 0 aliphatic rings. The van der Waals surface area contributed by atoms with Gasteiger partial charge in [-0.15, -0.1) is 0 Å². The largest absolute Gasteiger partial charge is 0.357 e. The topological polar surface area (TPSA) is 68.5 Å². The van der Waals surface area contributed by atoms with E-state index in [0.717, 1.165) is 11.0 Å². The lowest BCUT2D eigenvalue weighted by Crippen LogP contribution is -2.05. The number of rotatable bonds is 2. The lowest BCUT2D eigenvalue weighted by molar-refractivity contribution is 0.915. The van der Waals surface area contributed by atoms with E-state index in [1.165, 1.54) is 0 Å². The van der Waals surface area contributed by atoms with Gasteiger partial charge in [0.25, 0.3) is 0 Å². The maximum atomic E-state index is 5.86. The predicted molar refractivity (Wildman–Crippen MR) is 69.0 cm³/mol. The molecular weight excluding hydrogens is 252 g/mol. The highest BCUT2D eigenvalue weighted by atomic mass is 35.5. The van der Waals surface area contributed by atoms with Crippen molar-refractivity contribution < 1.29 is 0 Å². The number of hydrogen-bond donors (Lipinski definition) is 1. The monoisotopic (exact) mass is 260 g/mol. The van der Waals surface area contributed by atoms with Gasteiger partial charge in [-0.1, -0.05) is 12.1 Å². The van der Waals surface area contributed by atoms with E-state index in [1.807, 2.05) is 24.3 Å². The van der Waals surface area contributed by atoms with Crippen LogP contribution in [0.3, 0.4) is 0 Å². The molecule has 3 rings (SSSR count). The van der Waals surface area contributed by atoms with Gasteiger partial charge >= 0.3 is 0 Å². The molecule has 0 saturated heterocycles. The molecule has 3 aromatic rings. The molecule has 0 unspecified atom stereocenters. The van der Waals surface area contributed by atoms with Crippen molar-refractivity contribution in [1.29, 1.82) is 0 Å². The van der Waals surface area contributed by atoms with Crippen molar-refractivity contribution in [3.63, 3.8) is 0 Å². The minimum atomic E-state index is 0.141. The van der Waals surface area contributed by atoms with Gasteiger partial charge < -0.3 is 5.32 Å². The predicted octanol–water partition coefficient (Wildman–Crippen LogP) is 1.91. The first kappa shape index (κ1) is 10.9. The number of aromatic nitrogens is 5. The lowest BCUT2D eigenvalue weighted by Gasteiger charge is -2.04. The third kappa shape index (κ3) is 1.76. The normalized spacial score (nSPS) is 10.8. The Morgan fingerprint density at radius 3 is 2.83 bits per heavy atom. The Kier molecular flexibility index (Phi) is 2.56. The van der Waals surface area contributed by atoms with E-state index in [1.54, 1.807) is 17.9 Å². The Balaban J connectivity index is 2.22. The summed E-state index contributed by atoms with van der Waals surface area (Å²) < 4.78 is 1.77. The van der Waals surface area contributed by atoms with Gasteiger partial charge in [-0.2, -0.15) is 15.0 Å². The number of fused-ring (bicyclic) bond motifs is 1. The van der Waals surface area contributed by atoms with E-state index in [2.05, 4.69) is 25.3 Å². The first-order valence-electron chi connectivity index (χ1n) is 5.30. The Morgan fingerprint density at radius 2 is 2.00 bits per heavy atom. The third-order valence-electron chi connectivity index (χ3n) is 2.49. The Morgan fingerprint density at radius 1 is 1.17 bits per heavy atom. The summed E-state index contributed by atoms with van der Waals surface area (Å²) in [7, 11) is 1.72. The minimum Gasteiger partial charge on any atom is -0.357 e. The second-order valence-corrected chi connectivity index (χ2v) is 3.92. The fraction of sp³-hybridized carbons (Fsp3) is 0.0909. The second-order valence-electron chi connectivity index (χ2n) is 3.58. The number of imidazole rings is 1. The number of anilines is 1. The molecule has 7 heteroatoms. The summed E-state index contributed by atoms with van der Waals surface area (Å²) in [6, 6.07) is 7.73. The number of benzene rings is 1. The van der Waals surface area contributed by atoms with Gasteiger partial charge in [0.15, 0.2) is 0 Å². The van der Waals surface area contributed by atoms with Crippen molar-refractivity contribution in [3.05, 3.63) is 35.9 Å². The summed E-state index contributed by atoms with van der Waals surface area (Å²) in [5, 5.41) is 2.98. The number of nitrogens with zero attached hydrogens (tertiary/aromatic N) is 5. The van der Waals surface area contributed by atoms with Crippen LogP contribution in [0.25, 0.3) is 17.0 Å². The summed E-state index contributed by atoms with van der Waals surface area (Å²) in [4.78, 5) is 16.6. The molecule has 1 aromatic carbocycles. The average molecular weight is 261 g/mol. The zero-order valence-electron chi connectivity index (χ0n) is 9.50. The standard InChI is InChI=1S/C11H9ClN6/c1-13-10-15-9(12)16-11(17-10)18-6-14-7-4-2-3-5-8(7)18/h2-6H,1H3,(H,13,15,16,17). The van der Waals surface area contributed by atoms with Crippen LogP contribution in [-0.4, -0.2) is 31.6 Å². The van der Waals surface area contributed by atoms with E-state index in [-0.39, 0.29) is 5.28 Å². The molecule has 18 heavy (non-hydrogen) atoms. The molecule has 0 amide bonds. The fourth-order valence-electron chi connectivity index (χ4n) is 1.68. The van der Waals surface area contributed by atoms with Crippen LogP contribution in [0.4, 0.5) is 5.95 Å². The van der Waals surface area contributed by atoms with E-state index < -0.39 is 0 Å². The van der Waals surface area contributed by atoms with Gasteiger partial charge in [0.05, 0.1) is 11.0 Å².